The zero-order chi connectivity index (χ0) is 19.9. The van der Waals surface area contributed by atoms with Crippen molar-refractivity contribution in [3.8, 4) is 17.0 Å². The van der Waals surface area contributed by atoms with Gasteiger partial charge < -0.3 is 10.1 Å². The molecule has 0 aliphatic carbocycles. The quantitative estimate of drug-likeness (QED) is 0.487. The van der Waals surface area contributed by atoms with Crippen LogP contribution in [0.25, 0.3) is 11.3 Å². The average molecular weight is 401 g/mol. The first kappa shape index (κ1) is 18.8. The lowest BCUT2D eigenvalue weighted by atomic mass is 10.2. The van der Waals surface area contributed by atoms with Gasteiger partial charge in [0.1, 0.15) is 17.4 Å². The highest BCUT2D eigenvalue weighted by molar-refractivity contribution is 7.09. The van der Waals surface area contributed by atoms with E-state index in [4.69, 9.17) is 4.74 Å². The third-order valence-electron chi connectivity index (χ3n) is 4.29. The van der Waals surface area contributed by atoms with Crippen LogP contribution in [0.4, 0.5) is 0 Å². The number of pyridine rings is 1. The molecule has 0 unspecified atom stereocenters. The predicted molar refractivity (Wildman–Crippen MR) is 114 cm³/mol. The normalized spacial score (nSPS) is 10.5. The molecule has 2 heterocycles. The van der Waals surface area contributed by atoms with Crippen molar-refractivity contribution in [1.29, 1.82) is 0 Å². The van der Waals surface area contributed by atoms with Crippen molar-refractivity contribution in [2.75, 3.05) is 0 Å². The van der Waals surface area contributed by atoms with Gasteiger partial charge in [-0.3, -0.25) is 9.78 Å². The van der Waals surface area contributed by atoms with Crippen molar-refractivity contribution in [2.45, 2.75) is 13.2 Å². The first-order valence-electron chi connectivity index (χ1n) is 9.18. The predicted octanol–water partition coefficient (Wildman–Crippen LogP) is 4.71. The highest BCUT2D eigenvalue weighted by Gasteiger charge is 2.09. The van der Waals surface area contributed by atoms with Gasteiger partial charge in [-0.25, -0.2) is 4.98 Å². The number of ether oxygens (including phenoxy) is 1. The lowest BCUT2D eigenvalue weighted by Gasteiger charge is -2.07. The zero-order valence-electron chi connectivity index (χ0n) is 15.6. The summed E-state index contributed by atoms with van der Waals surface area (Å²) < 4.78 is 5.76. The van der Waals surface area contributed by atoms with E-state index < -0.39 is 0 Å². The maximum absolute atomic E-state index is 12.4. The Morgan fingerprint density at radius 1 is 0.966 bits per heavy atom. The molecule has 1 N–H and O–H groups in total. The van der Waals surface area contributed by atoms with Crippen LogP contribution in [-0.2, 0) is 13.2 Å². The Bertz CT molecular complexity index is 1060. The topological polar surface area (TPSA) is 64.1 Å². The number of aromatic nitrogens is 2. The number of rotatable bonds is 7. The number of thiazole rings is 1. The first-order chi connectivity index (χ1) is 14.3. The molecule has 5 nitrogen and oxygen atoms in total. The SMILES string of the molecule is O=C(NCc1nc(-c2ccncc2)cs1)c1ccc(OCc2ccccc2)cc1. The summed E-state index contributed by atoms with van der Waals surface area (Å²) in [5, 5.41) is 5.75. The molecular formula is C23H19N3O2S. The lowest BCUT2D eigenvalue weighted by molar-refractivity contribution is 0.0951. The molecule has 0 saturated carbocycles. The van der Waals surface area contributed by atoms with E-state index in [9.17, 15) is 4.79 Å². The van der Waals surface area contributed by atoms with Crippen LogP contribution in [0.3, 0.4) is 0 Å². The van der Waals surface area contributed by atoms with Gasteiger partial charge in [0.05, 0.1) is 12.2 Å². The molecule has 144 valence electrons. The van der Waals surface area contributed by atoms with E-state index in [-0.39, 0.29) is 5.91 Å². The van der Waals surface area contributed by atoms with Crippen LogP contribution in [-0.4, -0.2) is 15.9 Å². The highest BCUT2D eigenvalue weighted by atomic mass is 32.1. The van der Waals surface area contributed by atoms with Gasteiger partial charge in [-0.05, 0) is 42.0 Å². The molecule has 1 amide bonds. The van der Waals surface area contributed by atoms with Gasteiger partial charge >= 0.3 is 0 Å². The number of hydrogen-bond donors (Lipinski definition) is 1. The molecule has 0 atom stereocenters. The Labute approximate surface area is 173 Å². The van der Waals surface area contributed by atoms with Gasteiger partial charge in [0, 0.05) is 28.9 Å². The summed E-state index contributed by atoms with van der Waals surface area (Å²) in [5.41, 5.74) is 3.59. The minimum atomic E-state index is -0.139. The molecule has 4 rings (SSSR count). The number of hydrogen-bond acceptors (Lipinski definition) is 5. The number of amides is 1. The third kappa shape index (κ3) is 5.06. The smallest absolute Gasteiger partial charge is 0.251 e. The minimum Gasteiger partial charge on any atom is -0.489 e. The molecular weight excluding hydrogens is 382 g/mol. The van der Waals surface area contributed by atoms with Crippen LogP contribution >= 0.6 is 11.3 Å². The molecule has 0 saturated heterocycles. The Morgan fingerprint density at radius 3 is 2.48 bits per heavy atom. The van der Waals surface area contributed by atoms with Crippen LogP contribution in [0.15, 0.2) is 84.5 Å². The second kappa shape index (κ2) is 9.12. The summed E-state index contributed by atoms with van der Waals surface area (Å²) in [6.45, 7) is 0.886. The van der Waals surface area contributed by atoms with Crippen molar-refractivity contribution in [3.05, 3.63) is 101 Å². The molecule has 0 spiro atoms. The number of nitrogens with one attached hydrogen (secondary N) is 1. The number of carbonyl (C=O) groups is 1. The molecule has 6 heteroatoms. The maximum Gasteiger partial charge on any atom is 0.251 e. The zero-order valence-corrected chi connectivity index (χ0v) is 16.4. The van der Waals surface area contributed by atoms with Crippen LogP contribution < -0.4 is 10.1 Å². The molecule has 4 aromatic rings. The summed E-state index contributed by atoms with van der Waals surface area (Å²) in [4.78, 5) is 21.0. The molecule has 0 aliphatic rings. The number of carbonyl (C=O) groups excluding carboxylic acids is 1. The second-order valence-corrected chi connectivity index (χ2v) is 7.29. The van der Waals surface area contributed by atoms with E-state index >= 15 is 0 Å². The van der Waals surface area contributed by atoms with Crippen LogP contribution in [0.5, 0.6) is 5.75 Å². The van der Waals surface area contributed by atoms with Crippen LogP contribution in [0, 0.1) is 0 Å². The summed E-state index contributed by atoms with van der Waals surface area (Å²) in [7, 11) is 0. The van der Waals surface area contributed by atoms with E-state index in [2.05, 4.69) is 15.3 Å². The molecule has 2 aromatic carbocycles. The van der Waals surface area contributed by atoms with Crippen molar-refractivity contribution >= 4 is 17.2 Å². The van der Waals surface area contributed by atoms with Crippen LogP contribution in [0.2, 0.25) is 0 Å². The Kier molecular flexibility index (Phi) is 5.92. The van der Waals surface area contributed by atoms with Gasteiger partial charge in [0.2, 0.25) is 0 Å². The fraction of sp³-hybridized carbons (Fsp3) is 0.0870. The van der Waals surface area contributed by atoms with E-state index in [0.717, 1.165) is 27.6 Å². The molecule has 2 aromatic heterocycles. The summed E-state index contributed by atoms with van der Waals surface area (Å²) in [6.07, 6.45) is 3.48. The Balaban J connectivity index is 1.30. The van der Waals surface area contributed by atoms with Crippen molar-refractivity contribution < 1.29 is 9.53 Å². The standard InChI is InChI=1S/C23H19N3O2S/c27-23(25-14-22-26-21(16-29-22)18-10-12-24-13-11-18)19-6-8-20(9-7-19)28-15-17-4-2-1-3-5-17/h1-13,16H,14-15H2,(H,25,27). The molecule has 29 heavy (non-hydrogen) atoms. The summed E-state index contributed by atoms with van der Waals surface area (Å²) in [5.74, 6) is 0.590. The average Bonchev–Trinajstić information content (AvgIpc) is 3.27. The van der Waals surface area contributed by atoms with Crippen LogP contribution in [0.1, 0.15) is 20.9 Å². The number of nitrogens with zero attached hydrogens (tertiary/aromatic N) is 2. The van der Waals surface area contributed by atoms with E-state index in [1.165, 1.54) is 11.3 Å². The Morgan fingerprint density at radius 2 is 1.72 bits per heavy atom. The van der Waals surface area contributed by atoms with Gasteiger partial charge in [0.15, 0.2) is 0 Å². The fourth-order valence-corrected chi connectivity index (χ4v) is 3.49. The second-order valence-electron chi connectivity index (χ2n) is 6.34. The molecule has 0 bridgehead atoms. The molecule has 0 aliphatic heterocycles. The van der Waals surface area contributed by atoms with Gasteiger partial charge in [0.25, 0.3) is 5.91 Å². The lowest BCUT2D eigenvalue weighted by Crippen LogP contribution is -2.22. The van der Waals surface area contributed by atoms with Gasteiger partial charge in [-0.15, -0.1) is 11.3 Å². The highest BCUT2D eigenvalue weighted by Crippen LogP contribution is 2.21. The first-order valence-corrected chi connectivity index (χ1v) is 10.1. The minimum absolute atomic E-state index is 0.139. The van der Waals surface area contributed by atoms with Crippen molar-refractivity contribution in [1.82, 2.24) is 15.3 Å². The largest absolute Gasteiger partial charge is 0.489 e. The van der Waals surface area contributed by atoms with Gasteiger partial charge in [-0.2, -0.15) is 0 Å². The Hall–Kier alpha value is -3.51. The molecule has 0 radical (unpaired) electrons. The monoisotopic (exact) mass is 401 g/mol. The van der Waals surface area contributed by atoms with Crippen molar-refractivity contribution in [3.63, 3.8) is 0 Å². The maximum atomic E-state index is 12.4. The van der Waals surface area contributed by atoms with Gasteiger partial charge in [-0.1, -0.05) is 30.3 Å². The summed E-state index contributed by atoms with van der Waals surface area (Å²) >= 11 is 1.52. The molecule has 0 fully saturated rings. The van der Waals surface area contributed by atoms with E-state index in [1.807, 2.05) is 60.0 Å². The third-order valence-corrected chi connectivity index (χ3v) is 5.14. The van der Waals surface area contributed by atoms with E-state index in [0.29, 0.717) is 18.7 Å². The number of benzene rings is 2. The van der Waals surface area contributed by atoms with Crippen molar-refractivity contribution in [2.24, 2.45) is 0 Å². The fourth-order valence-electron chi connectivity index (χ4n) is 2.75. The summed E-state index contributed by atoms with van der Waals surface area (Å²) in [6, 6.07) is 20.9. The van der Waals surface area contributed by atoms with E-state index in [1.54, 1.807) is 24.5 Å².